The van der Waals surface area contributed by atoms with E-state index in [1.165, 1.54) is 0 Å². The zero-order chi connectivity index (χ0) is 9.47. The topological polar surface area (TPSA) is 27.7 Å². The second-order valence-corrected chi connectivity index (χ2v) is 4.68. The molecule has 0 aromatic carbocycles. The van der Waals surface area contributed by atoms with Crippen molar-refractivity contribution in [1.82, 2.24) is 0 Å². The molecule has 2 aliphatic rings. The maximum Gasteiger partial charge on any atom is 0.127 e. The largest absolute Gasteiger partial charge is 0.382 e. The van der Waals surface area contributed by atoms with Crippen molar-refractivity contribution in [3.8, 4) is 0 Å². The van der Waals surface area contributed by atoms with Crippen molar-refractivity contribution in [3.63, 3.8) is 0 Å². The molecule has 0 saturated carbocycles. The van der Waals surface area contributed by atoms with Gasteiger partial charge in [-0.1, -0.05) is 0 Å². The molecule has 4 atom stereocenters. The fourth-order valence-electron chi connectivity index (χ4n) is 2.16. The van der Waals surface area contributed by atoms with Crippen molar-refractivity contribution in [3.05, 3.63) is 0 Å². The predicted molar refractivity (Wildman–Crippen MR) is 52.3 cm³/mol. The van der Waals surface area contributed by atoms with Crippen LogP contribution in [0.15, 0.2) is 0 Å². The van der Waals surface area contributed by atoms with Gasteiger partial charge in [0.25, 0.3) is 0 Å². The summed E-state index contributed by atoms with van der Waals surface area (Å²) in [5, 5.41) is 0.264. The molecule has 0 spiro atoms. The van der Waals surface area contributed by atoms with Crippen LogP contribution in [0.1, 0.15) is 0 Å². The molecule has 2 radical (unpaired) electrons. The molecule has 5 heteroatoms. The number of fused-ring (bicyclic) bond motifs is 2. The minimum absolute atomic E-state index is 0.0763. The number of methoxy groups -OCH3 is 2. The smallest absolute Gasteiger partial charge is 0.127 e. The molecule has 0 aromatic heterocycles. The highest BCUT2D eigenvalue weighted by molar-refractivity contribution is 8.00. The third-order valence-corrected chi connectivity index (χ3v) is 4.23. The summed E-state index contributed by atoms with van der Waals surface area (Å²) < 4.78 is 16.3. The van der Waals surface area contributed by atoms with E-state index in [1.807, 2.05) is 11.8 Å². The van der Waals surface area contributed by atoms with Crippen LogP contribution in [0.4, 0.5) is 0 Å². The number of hydrogen-bond acceptors (Lipinski definition) is 4. The third-order valence-electron chi connectivity index (χ3n) is 2.67. The average molecular weight is 200 g/mol. The molecule has 1 unspecified atom stereocenters. The molecular weight excluding hydrogens is 187 g/mol. The summed E-state index contributed by atoms with van der Waals surface area (Å²) in [5.41, 5.74) is -0.307. The van der Waals surface area contributed by atoms with Crippen LogP contribution in [0.25, 0.3) is 0 Å². The number of hydrogen-bond donors (Lipinski definition) is 0. The summed E-state index contributed by atoms with van der Waals surface area (Å²) in [4.78, 5) is 0. The summed E-state index contributed by atoms with van der Waals surface area (Å²) in [6, 6.07) is -0.209. The molecule has 2 rings (SSSR count). The van der Waals surface area contributed by atoms with Crippen LogP contribution in [0.5, 0.6) is 0 Å². The van der Waals surface area contributed by atoms with Crippen LogP contribution < -0.4 is 0 Å². The fraction of sp³-hybridized carbons (Fsp3) is 1.00. The van der Waals surface area contributed by atoms with Crippen LogP contribution >= 0.6 is 11.8 Å². The van der Waals surface area contributed by atoms with Gasteiger partial charge in [-0.3, -0.25) is 0 Å². The fourth-order valence-corrected chi connectivity index (χ4v) is 3.73. The Kier molecular flexibility index (Phi) is 2.62. The summed E-state index contributed by atoms with van der Waals surface area (Å²) in [7, 11) is 9.20. The lowest BCUT2D eigenvalue weighted by Gasteiger charge is -2.30. The van der Waals surface area contributed by atoms with E-state index in [2.05, 4.69) is 0 Å². The van der Waals surface area contributed by atoms with E-state index in [1.54, 1.807) is 14.2 Å². The Morgan fingerprint density at radius 1 is 1.62 bits per heavy atom. The van der Waals surface area contributed by atoms with Crippen molar-refractivity contribution in [2.45, 2.75) is 23.0 Å². The average Bonchev–Trinajstić information content (AvgIpc) is 2.55. The molecule has 0 N–H and O–H groups in total. The van der Waals surface area contributed by atoms with E-state index < -0.39 is 0 Å². The second kappa shape index (κ2) is 3.46. The Labute approximate surface area is 83.9 Å². The summed E-state index contributed by atoms with van der Waals surface area (Å²) in [6.45, 7) is 0.558. The van der Waals surface area contributed by atoms with Gasteiger partial charge in [0, 0.05) is 26.0 Å². The highest BCUT2D eigenvalue weighted by Gasteiger charge is 2.59. The van der Waals surface area contributed by atoms with Crippen LogP contribution in [0.3, 0.4) is 0 Å². The molecule has 2 aliphatic heterocycles. The van der Waals surface area contributed by atoms with Gasteiger partial charge in [0.2, 0.25) is 0 Å². The molecule has 0 amide bonds. The van der Waals surface area contributed by atoms with Gasteiger partial charge in [-0.25, -0.2) is 0 Å². The standard InChI is InChI=1S/C8H13BO3S/c1-10-3-8-4-13-5(6(8)11-2)7(9)12-8/h5-7H,3-4H2,1-2H3/t5-,6?,7+,8+/m0/s1. The van der Waals surface area contributed by atoms with E-state index in [4.69, 9.17) is 22.1 Å². The molecule has 2 bridgehead atoms. The summed E-state index contributed by atoms with van der Waals surface area (Å²) >= 11 is 1.82. The Morgan fingerprint density at radius 3 is 2.92 bits per heavy atom. The van der Waals surface area contributed by atoms with Crippen molar-refractivity contribution >= 4 is 19.6 Å². The molecule has 2 fully saturated rings. The van der Waals surface area contributed by atoms with Gasteiger partial charge in [-0.15, -0.1) is 0 Å². The third kappa shape index (κ3) is 1.33. The monoisotopic (exact) mass is 200 g/mol. The van der Waals surface area contributed by atoms with E-state index in [0.717, 1.165) is 5.75 Å². The van der Waals surface area contributed by atoms with Gasteiger partial charge in [0.1, 0.15) is 19.6 Å². The highest BCUT2D eigenvalue weighted by Crippen LogP contribution is 2.48. The highest BCUT2D eigenvalue weighted by atomic mass is 32.2. The lowest BCUT2D eigenvalue weighted by molar-refractivity contribution is -0.0981. The minimum atomic E-state index is -0.307. The summed E-state index contributed by atoms with van der Waals surface area (Å²) in [5.74, 6) is 0.914. The quantitative estimate of drug-likeness (QED) is 0.600. The molecule has 72 valence electrons. The van der Waals surface area contributed by atoms with Crippen molar-refractivity contribution in [1.29, 1.82) is 0 Å². The van der Waals surface area contributed by atoms with Gasteiger partial charge >= 0.3 is 0 Å². The Hall–Kier alpha value is 0.295. The maximum atomic E-state index is 5.82. The first-order valence-electron chi connectivity index (χ1n) is 4.30. The molecule has 0 aromatic rings. The van der Waals surface area contributed by atoms with Crippen LogP contribution in [0, 0.1) is 0 Å². The lowest BCUT2D eigenvalue weighted by atomic mass is 9.93. The Balaban J connectivity index is 2.17. The van der Waals surface area contributed by atoms with Gasteiger partial charge in [-0.2, -0.15) is 11.8 Å². The van der Waals surface area contributed by atoms with Crippen molar-refractivity contribution < 1.29 is 14.2 Å². The van der Waals surface area contributed by atoms with Crippen LogP contribution in [0.2, 0.25) is 0 Å². The van der Waals surface area contributed by atoms with E-state index in [0.29, 0.717) is 6.61 Å². The predicted octanol–water partition coefficient (Wildman–Crippen LogP) is 0.0268. The van der Waals surface area contributed by atoms with Gasteiger partial charge < -0.3 is 14.2 Å². The van der Waals surface area contributed by atoms with E-state index in [9.17, 15) is 0 Å². The van der Waals surface area contributed by atoms with E-state index >= 15 is 0 Å². The van der Waals surface area contributed by atoms with Gasteiger partial charge in [0.05, 0.1) is 11.9 Å². The molecule has 13 heavy (non-hydrogen) atoms. The Morgan fingerprint density at radius 2 is 2.38 bits per heavy atom. The normalized spacial score (nSPS) is 48.6. The minimum Gasteiger partial charge on any atom is -0.382 e. The zero-order valence-electron chi connectivity index (χ0n) is 7.86. The van der Waals surface area contributed by atoms with E-state index in [-0.39, 0.29) is 23.0 Å². The van der Waals surface area contributed by atoms with Gasteiger partial charge in [-0.05, 0) is 0 Å². The Bertz CT molecular complexity index is 204. The molecule has 0 aliphatic carbocycles. The van der Waals surface area contributed by atoms with Crippen LogP contribution in [-0.2, 0) is 14.2 Å². The van der Waals surface area contributed by atoms with Crippen molar-refractivity contribution in [2.24, 2.45) is 0 Å². The SMILES string of the molecule is [B][C@@H]1O[C@]2(COC)CS[C@H]1C2OC. The first kappa shape index (κ1) is 9.83. The first-order chi connectivity index (χ1) is 6.23. The molecular formula is C8H13BO3S. The number of thioether (sulfide) groups is 1. The second-order valence-electron chi connectivity index (χ2n) is 3.51. The summed E-state index contributed by atoms with van der Waals surface area (Å²) in [6.07, 6.45) is 0.0763. The van der Waals surface area contributed by atoms with Gasteiger partial charge in [0.15, 0.2) is 0 Å². The maximum absolute atomic E-state index is 5.82. The zero-order valence-corrected chi connectivity index (χ0v) is 8.67. The van der Waals surface area contributed by atoms with Crippen LogP contribution in [-0.4, -0.2) is 57.4 Å². The van der Waals surface area contributed by atoms with Crippen molar-refractivity contribution in [2.75, 3.05) is 26.6 Å². The molecule has 3 nitrogen and oxygen atoms in total. The lowest BCUT2D eigenvalue weighted by Crippen LogP contribution is -2.45. The number of ether oxygens (including phenoxy) is 3. The molecule has 2 saturated heterocycles. The first-order valence-corrected chi connectivity index (χ1v) is 5.35. The molecule has 2 heterocycles. The number of rotatable bonds is 3.